The lowest BCUT2D eigenvalue weighted by Gasteiger charge is -2.09. The normalized spacial score (nSPS) is 10.8. The fraction of sp³-hybridized carbons (Fsp3) is 0.538. The Labute approximate surface area is 96.6 Å². The van der Waals surface area contributed by atoms with Crippen molar-refractivity contribution in [1.82, 2.24) is 0 Å². The number of benzene rings is 1. The molecule has 90 valence electrons. The first-order valence-corrected chi connectivity index (χ1v) is 5.74. The van der Waals surface area contributed by atoms with Gasteiger partial charge in [0.15, 0.2) is 0 Å². The monoisotopic (exact) mass is 225 g/mol. The molecule has 0 atom stereocenters. The number of hydrogen-bond donors (Lipinski definition) is 1. The maximum atomic E-state index is 13.1. The van der Waals surface area contributed by atoms with Crippen LogP contribution in [0.1, 0.15) is 32.3 Å². The van der Waals surface area contributed by atoms with Gasteiger partial charge in [-0.3, -0.25) is 0 Å². The zero-order valence-electron chi connectivity index (χ0n) is 10.0. The third kappa shape index (κ3) is 4.62. The third-order valence-electron chi connectivity index (χ3n) is 2.36. The number of halogens is 1. The van der Waals surface area contributed by atoms with Crippen LogP contribution < -0.4 is 10.5 Å². The number of ether oxygens (including phenoxy) is 1. The summed E-state index contributed by atoms with van der Waals surface area (Å²) in [6.07, 6.45) is 2.12. The van der Waals surface area contributed by atoms with E-state index in [4.69, 9.17) is 10.5 Å². The van der Waals surface area contributed by atoms with Gasteiger partial charge >= 0.3 is 0 Å². The predicted octanol–water partition coefficient (Wildman–Crippen LogP) is 3.10. The Morgan fingerprint density at radius 2 is 2.06 bits per heavy atom. The summed E-state index contributed by atoms with van der Waals surface area (Å²) in [6.45, 7) is 5.31. The molecule has 1 aromatic carbocycles. The fourth-order valence-corrected chi connectivity index (χ4v) is 1.50. The van der Waals surface area contributed by atoms with Crippen LogP contribution in [0, 0.1) is 11.7 Å². The summed E-state index contributed by atoms with van der Waals surface area (Å²) in [6, 6.07) is 4.62. The van der Waals surface area contributed by atoms with Gasteiger partial charge in [-0.05, 0) is 36.5 Å². The van der Waals surface area contributed by atoms with E-state index >= 15 is 0 Å². The molecule has 0 saturated carbocycles. The van der Waals surface area contributed by atoms with E-state index in [0.29, 0.717) is 24.8 Å². The van der Waals surface area contributed by atoms with Crippen molar-refractivity contribution in [3.05, 3.63) is 29.6 Å². The molecule has 2 nitrogen and oxygen atoms in total. The highest BCUT2D eigenvalue weighted by Gasteiger charge is 2.01. The van der Waals surface area contributed by atoms with Crippen LogP contribution in [-0.2, 0) is 6.54 Å². The summed E-state index contributed by atoms with van der Waals surface area (Å²) in [5.74, 6) is 0.960. The molecular formula is C13H20FNO. The fourth-order valence-electron chi connectivity index (χ4n) is 1.50. The van der Waals surface area contributed by atoms with Gasteiger partial charge in [0.25, 0.3) is 0 Å². The van der Waals surface area contributed by atoms with Crippen LogP contribution in [-0.4, -0.2) is 6.61 Å². The molecule has 0 spiro atoms. The second kappa shape index (κ2) is 6.48. The molecule has 0 heterocycles. The Morgan fingerprint density at radius 3 is 2.69 bits per heavy atom. The van der Waals surface area contributed by atoms with Crippen molar-refractivity contribution in [2.75, 3.05) is 6.61 Å². The molecule has 0 unspecified atom stereocenters. The molecule has 0 saturated heterocycles. The maximum absolute atomic E-state index is 13.1. The van der Waals surface area contributed by atoms with Crippen molar-refractivity contribution in [2.45, 2.75) is 33.2 Å². The number of nitrogens with two attached hydrogens (primary N) is 1. The van der Waals surface area contributed by atoms with Gasteiger partial charge in [0, 0.05) is 12.6 Å². The van der Waals surface area contributed by atoms with Gasteiger partial charge in [-0.2, -0.15) is 0 Å². The molecule has 0 aliphatic heterocycles. The Morgan fingerprint density at radius 1 is 1.31 bits per heavy atom. The van der Waals surface area contributed by atoms with Gasteiger partial charge in [0.05, 0.1) is 6.61 Å². The van der Waals surface area contributed by atoms with Crippen LogP contribution in [0.4, 0.5) is 4.39 Å². The molecule has 0 aromatic heterocycles. The smallest absolute Gasteiger partial charge is 0.127 e. The quantitative estimate of drug-likeness (QED) is 0.755. The highest BCUT2D eigenvalue weighted by atomic mass is 19.1. The van der Waals surface area contributed by atoms with Gasteiger partial charge in [0.1, 0.15) is 11.6 Å². The van der Waals surface area contributed by atoms with Crippen molar-refractivity contribution in [3.63, 3.8) is 0 Å². The van der Waals surface area contributed by atoms with Gasteiger partial charge < -0.3 is 10.5 Å². The minimum absolute atomic E-state index is 0.290. The van der Waals surface area contributed by atoms with Crippen LogP contribution >= 0.6 is 0 Å². The Kier molecular flexibility index (Phi) is 5.26. The van der Waals surface area contributed by atoms with Gasteiger partial charge in [0.2, 0.25) is 0 Å². The van der Waals surface area contributed by atoms with Crippen molar-refractivity contribution < 1.29 is 9.13 Å². The first kappa shape index (κ1) is 13.0. The maximum Gasteiger partial charge on any atom is 0.127 e. The number of rotatable bonds is 6. The Bertz CT molecular complexity index is 326. The molecule has 3 heteroatoms. The van der Waals surface area contributed by atoms with Crippen molar-refractivity contribution >= 4 is 0 Å². The average Bonchev–Trinajstić information content (AvgIpc) is 2.23. The molecule has 0 bridgehead atoms. The van der Waals surface area contributed by atoms with Crippen LogP contribution in [0.3, 0.4) is 0 Å². The summed E-state index contributed by atoms with van der Waals surface area (Å²) >= 11 is 0. The van der Waals surface area contributed by atoms with E-state index in [-0.39, 0.29) is 5.82 Å². The Hall–Kier alpha value is -1.09. The molecule has 0 amide bonds. The molecule has 1 rings (SSSR count). The first-order chi connectivity index (χ1) is 7.61. The zero-order chi connectivity index (χ0) is 12.0. The molecule has 2 N–H and O–H groups in total. The average molecular weight is 225 g/mol. The second-order valence-corrected chi connectivity index (χ2v) is 4.38. The van der Waals surface area contributed by atoms with Gasteiger partial charge in [-0.15, -0.1) is 0 Å². The predicted molar refractivity (Wildman–Crippen MR) is 63.9 cm³/mol. The highest BCUT2D eigenvalue weighted by Crippen LogP contribution is 2.16. The van der Waals surface area contributed by atoms with Crippen LogP contribution in [0.5, 0.6) is 5.75 Å². The van der Waals surface area contributed by atoms with Crippen LogP contribution in [0.2, 0.25) is 0 Å². The summed E-state index contributed by atoms with van der Waals surface area (Å²) in [5.41, 5.74) is 6.22. The summed E-state index contributed by atoms with van der Waals surface area (Å²) in [4.78, 5) is 0. The second-order valence-electron chi connectivity index (χ2n) is 4.38. The molecule has 0 fully saturated rings. The van der Waals surface area contributed by atoms with E-state index in [1.807, 2.05) is 0 Å². The molecule has 0 aliphatic carbocycles. The van der Waals surface area contributed by atoms with Gasteiger partial charge in [-0.25, -0.2) is 4.39 Å². The highest BCUT2D eigenvalue weighted by molar-refractivity contribution is 5.29. The van der Waals surface area contributed by atoms with Crippen molar-refractivity contribution in [1.29, 1.82) is 0 Å². The number of hydrogen-bond acceptors (Lipinski definition) is 2. The topological polar surface area (TPSA) is 35.2 Å². The van der Waals surface area contributed by atoms with E-state index in [1.165, 1.54) is 12.1 Å². The van der Waals surface area contributed by atoms with Crippen molar-refractivity contribution in [3.8, 4) is 5.75 Å². The molecular weight excluding hydrogens is 205 g/mol. The largest absolute Gasteiger partial charge is 0.493 e. The lowest BCUT2D eigenvalue weighted by molar-refractivity contribution is 0.296. The van der Waals surface area contributed by atoms with Crippen molar-refractivity contribution in [2.24, 2.45) is 11.7 Å². The standard InChI is InChI=1S/C13H20FNO/c1-10(2)4-3-5-16-13-7-11(9-15)6-12(14)8-13/h6-8,10H,3-5,9,15H2,1-2H3. The van der Waals surface area contributed by atoms with E-state index in [1.54, 1.807) is 6.07 Å². The summed E-state index contributed by atoms with van der Waals surface area (Å²) in [5, 5.41) is 0. The zero-order valence-corrected chi connectivity index (χ0v) is 10.0. The molecule has 0 aliphatic rings. The van der Waals surface area contributed by atoms with E-state index < -0.39 is 0 Å². The molecule has 0 radical (unpaired) electrons. The SMILES string of the molecule is CC(C)CCCOc1cc(F)cc(CN)c1. The summed E-state index contributed by atoms with van der Waals surface area (Å²) in [7, 11) is 0. The molecule has 1 aromatic rings. The third-order valence-corrected chi connectivity index (χ3v) is 2.36. The first-order valence-electron chi connectivity index (χ1n) is 5.74. The van der Waals surface area contributed by atoms with E-state index in [2.05, 4.69) is 13.8 Å². The molecule has 16 heavy (non-hydrogen) atoms. The van der Waals surface area contributed by atoms with E-state index in [9.17, 15) is 4.39 Å². The van der Waals surface area contributed by atoms with Crippen LogP contribution in [0.25, 0.3) is 0 Å². The minimum atomic E-state index is -0.290. The lowest BCUT2D eigenvalue weighted by atomic mass is 10.1. The van der Waals surface area contributed by atoms with Gasteiger partial charge in [-0.1, -0.05) is 13.8 Å². The van der Waals surface area contributed by atoms with Crippen LogP contribution in [0.15, 0.2) is 18.2 Å². The summed E-state index contributed by atoms with van der Waals surface area (Å²) < 4.78 is 18.6. The lowest BCUT2D eigenvalue weighted by Crippen LogP contribution is -2.02. The van der Waals surface area contributed by atoms with E-state index in [0.717, 1.165) is 18.4 Å². The Balaban J connectivity index is 2.44. The minimum Gasteiger partial charge on any atom is -0.493 e.